The van der Waals surface area contributed by atoms with Gasteiger partial charge in [-0.25, -0.2) is 4.98 Å². The van der Waals surface area contributed by atoms with Gasteiger partial charge in [0.25, 0.3) is 5.56 Å². The summed E-state index contributed by atoms with van der Waals surface area (Å²) in [4.78, 5) is 21.9. The van der Waals surface area contributed by atoms with E-state index in [-0.39, 0.29) is 11.0 Å². The number of aromatic amines is 1. The number of benzene rings is 1. The fraction of sp³-hybridized carbons (Fsp3) is 0.500. The Morgan fingerprint density at radius 3 is 3.00 bits per heavy atom. The van der Waals surface area contributed by atoms with Crippen molar-refractivity contribution in [2.24, 2.45) is 11.1 Å². The van der Waals surface area contributed by atoms with Crippen molar-refractivity contribution in [3.63, 3.8) is 0 Å². The maximum absolute atomic E-state index is 12.0. The molecule has 1 unspecified atom stereocenters. The second-order valence-electron chi connectivity index (χ2n) is 6.32. The third kappa shape index (κ3) is 2.99. The number of para-hydroxylation sites is 1. The summed E-state index contributed by atoms with van der Waals surface area (Å²) in [5.74, 6) is 0.764. The average Bonchev–Trinajstić information content (AvgIpc) is 2.88. The number of nitrogens with zero attached hydrogens (tertiary/aromatic N) is 2. The molecule has 0 spiro atoms. The van der Waals surface area contributed by atoms with Gasteiger partial charge in [-0.3, -0.25) is 4.79 Å². The summed E-state index contributed by atoms with van der Waals surface area (Å²) in [6, 6.07) is 7.45. The zero-order chi connectivity index (χ0) is 14.9. The van der Waals surface area contributed by atoms with Crippen LogP contribution < -0.4 is 11.3 Å². The Morgan fingerprint density at radius 2 is 2.24 bits per heavy atom. The molecule has 2 aromatic rings. The zero-order valence-electron chi connectivity index (χ0n) is 12.4. The summed E-state index contributed by atoms with van der Waals surface area (Å²) in [6.45, 7) is 5.99. The van der Waals surface area contributed by atoms with E-state index in [2.05, 4.69) is 21.8 Å². The van der Waals surface area contributed by atoms with E-state index in [0.29, 0.717) is 5.39 Å². The van der Waals surface area contributed by atoms with E-state index in [1.54, 1.807) is 6.07 Å². The quantitative estimate of drug-likeness (QED) is 0.883. The number of fused-ring (bicyclic) bond motifs is 1. The number of likely N-dealkylation sites (tertiary alicyclic amines) is 1. The fourth-order valence-corrected chi connectivity index (χ4v) is 3.00. The summed E-state index contributed by atoms with van der Waals surface area (Å²) < 4.78 is 0. The lowest BCUT2D eigenvalue weighted by atomic mass is 9.90. The van der Waals surface area contributed by atoms with Crippen LogP contribution in [0.2, 0.25) is 0 Å². The maximum Gasteiger partial charge on any atom is 0.258 e. The van der Waals surface area contributed by atoms with E-state index in [4.69, 9.17) is 5.73 Å². The molecule has 5 nitrogen and oxygen atoms in total. The van der Waals surface area contributed by atoms with Crippen molar-refractivity contribution in [2.75, 3.05) is 26.2 Å². The summed E-state index contributed by atoms with van der Waals surface area (Å²) >= 11 is 0. The predicted octanol–water partition coefficient (Wildman–Crippen LogP) is 1.14. The molecule has 0 amide bonds. The first-order valence-corrected chi connectivity index (χ1v) is 7.50. The molecule has 1 aromatic carbocycles. The maximum atomic E-state index is 12.0. The lowest BCUT2D eigenvalue weighted by molar-refractivity contribution is 0.281. The Kier molecular flexibility index (Phi) is 3.78. The Hall–Kier alpha value is -1.72. The third-order valence-electron chi connectivity index (χ3n) is 4.46. The molecular weight excluding hydrogens is 264 g/mol. The van der Waals surface area contributed by atoms with Gasteiger partial charge in [-0.1, -0.05) is 19.1 Å². The van der Waals surface area contributed by atoms with Crippen LogP contribution in [0.25, 0.3) is 10.9 Å². The van der Waals surface area contributed by atoms with Gasteiger partial charge in [-0.2, -0.15) is 0 Å². The van der Waals surface area contributed by atoms with E-state index in [9.17, 15) is 4.79 Å². The van der Waals surface area contributed by atoms with E-state index in [1.807, 2.05) is 18.2 Å². The number of rotatable bonds is 4. The van der Waals surface area contributed by atoms with Crippen molar-refractivity contribution in [2.45, 2.75) is 19.8 Å². The molecule has 21 heavy (non-hydrogen) atoms. The SMILES string of the molecule is CC1(CN)CCN(CCc2nc3ccccc3c(=O)[nH]2)C1. The number of aromatic nitrogens is 2. The Bertz CT molecular complexity index is 696. The standard InChI is InChI=1S/C16H22N4O/c1-16(10-17)7-9-20(11-16)8-6-14-18-13-5-3-2-4-12(13)15(21)19-14/h2-5H,6-11,17H2,1H3,(H,18,19,21). The first-order chi connectivity index (χ1) is 10.1. The molecule has 1 saturated heterocycles. The first-order valence-electron chi connectivity index (χ1n) is 7.50. The highest BCUT2D eigenvalue weighted by Crippen LogP contribution is 2.28. The van der Waals surface area contributed by atoms with Crippen LogP contribution in [-0.4, -0.2) is 41.0 Å². The number of H-pyrrole nitrogens is 1. The molecule has 1 aliphatic rings. The second-order valence-corrected chi connectivity index (χ2v) is 6.32. The molecule has 1 aliphatic heterocycles. The van der Waals surface area contributed by atoms with Crippen molar-refractivity contribution in [3.05, 3.63) is 40.4 Å². The number of hydrogen-bond acceptors (Lipinski definition) is 4. The van der Waals surface area contributed by atoms with Gasteiger partial charge in [0.05, 0.1) is 10.9 Å². The minimum Gasteiger partial charge on any atom is -0.330 e. The van der Waals surface area contributed by atoms with Crippen LogP contribution in [-0.2, 0) is 6.42 Å². The molecule has 1 fully saturated rings. The Labute approximate surface area is 124 Å². The van der Waals surface area contributed by atoms with Crippen LogP contribution in [0.5, 0.6) is 0 Å². The fourth-order valence-electron chi connectivity index (χ4n) is 3.00. The molecular formula is C16H22N4O. The minimum absolute atomic E-state index is 0.0520. The number of nitrogens with two attached hydrogens (primary N) is 1. The van der Waals surface area contributed by atoms with E-state index < -0.39 is 0 Å². The van der Waals surface area contributed by atoms with Crippen molar-refractivity contribution < 1.29 is 0 Å². The molecule has 0 radical (unpaired) electrons. The Morgan fingerprint density at radius 1 is 1.43 bits per heavy atom. The number of hydrogen-bond donors (Lipinski definition) is 2. The lowest BCUT2D eigenvalue weighted by Crippen LogP contribution is -2.32. The highest BCUT2D eigenvalue weighted by atomic mass is 16.1. The van der Waals surface area contributed by atoms with Gasteiger partial charge in [-0.05, 0) is 37.1 Å². The topological polar surface area (TPSA) is 75.0 Å². The Balaban J connectivity index is 1.70. The summed E-state index contributed by atoms with van der Waals surface area (Å²) in [7, 11) is 0. The van der Waals surface area contributed by atoms with Crippen LogP contribution in [0.1, 0.15) is 19.2 Å². The van der Waals surface area contributed by atoms with Gasteiger partial charge in [0.2, 0.25) is 0 Å². The monoisotopic (exact) mass is 286 g/mol. The van der Waals surface area contributed by atoms with E-state index >= 15 is 0 Å². The smallest absolute Gasteiger partial charge is 0.258 e. The van der Waals surface area contributed by atoms with Crippen molar-refractivity contribution in [1.82, 2.24) is 14.9 Å². The molecule has 0 aliphatic carbocycles. The summed E-state index contributed by atoms with van der Waals surface area (Å²) in [5.41, 5.74) is 6.79. The van der Waals surface area contributed by atoms with Gasteiger partial charge in [0.1, 0.15) is 5.82 Å². The first kappa shape index (κ1) is 14.2. The van der Waals surface area contributed by atoms with Gasteiger partial charge in [-0.15, -0.1) is 0 Å². The zero-order valence-corrected chi connectivity index (χ0v) is 12.4. The van der Waals surface area contributed by atoms with Gasteiger partial charge < -0.3 is 15.6 Å². The van der Waals surface area contributed by atoms with Crippen molar-refractivity contribution in [1.29, 1.82) is 0 Å². The van der Waals surface area contributed by atoms with Crippen LogP contribution in [0, 0.1) is 5.41 Å². The molecule has 0 saturated carbocycles. The molecule has 0 bridgehead atoms. The summed E-state index contributed by atoms with van der Waals surface area (Å²) in [6.07, 6.45) is 1.91. The molecule has 112 valence electrons. The van der Waals surface area contributed by atoms with Crippen molar-refractivity contribution in [3.8, 4) is 0 Å². The highest BCUT2D eigenvalue weighted by Gasteiger charge is 2.31. The molecule has 1 atom stereocenters. The number of nitrogens with one attached hydrogen (secondary N) is 1. The van der Waals surface area contributed by atoms with E-state index in [0.717, 1.165) is 50.4 Å². The predicted molar refractivity (Wildman–Crippen MR) is 84.3 cm³/mol. The van der Waals surface area contributed by atoms with Crippen LogP contribution in [0.15, 0.2) is 29.1 Å². The van der Waals surface area contributed by atoms with E-state index in [1.165, 1.54) is 0 Å². The van der Waals surface area contributed by atoms with Crippen LogP contribution in [0.3, 0.4) is 0 Å². The van der Waals surface area contributed by atoms with Gasteiger partial charge >= 0.3 is 0 Å². The van der Waals surface area contributed by atoms with Crippen LogP contribution >= 0.6 is 0 Å². The normalized spacial score (nSPS) is 23.0. The molecule has 3 N–H and O–H groups in total. The average molecular weight is 286 g/mol. The highest BCUT2D eigenvalue weighted by molar-refractivity contribution is 5.77. The second kappa shape index (κ2) is 5.58. The third-order valence-corrected chi connectivity index (χ3v) is 4.46. The van der Waals surface area contributed by atoms with Gasteiger partial charge in [0, 0.05) is 19.5 Å². The van der Waals surface area contributed by atoms with Gasteiger partial charge in [0.15, 0.2) is 0 Å². The molecule has 1 aromatic heterocycles. The minimum atomic E-state index is -0.0520. The molecule has 3 rings (SSSR count). The van der Waals surface area contributed by atoms with Crippen LogP contribution in [0.4, 0.5) is 0 Å². The largest absolute Gasteiger partial charge is 0.330 e. The summed E-state index contributed by atoms with van der Waals surface area (Å²) in [5, 5.41) is 0.651. The molecule has 2 heterocycles. The van der Waals surface area contributed by atoms with Crippen molar-refractivity contribution >= 4 is 10.9 Å². The molecule has 5 heteroatoms. The lowest BCUT2D eigenvalue weighted by Gasteiger charge is -2.22.